The average Bonchev–Trinajstić information content (AvgIpc) is 2.29. The van der Waals surface area contributed by atoms with Crippen LogP contribution in [0.1, 0.15) is 6.42 Å². The minimum Gasteiger partial charge on any atom is -0.375 e. The molecule has 0 spiro atoms. The molecule has 0 aliphatic heterocycles. The summed E-state index contributed by atoms with van der Waals surface area (Å²) in [5, 5.41) is 6.02. The van der Waals surface area contributed by atoms with Crippen molar-refractivity contribution in [1.29, 1.82) is 0 Å². The number of halogens is 1. The van der Waals surface area contributed by atoms with E-state index in [1.807, 2.05) is 0 Å². The number of nitrogens with one attached hydrogen (secondary N) is 2. The van der Waals surface area contributed by atoms with Crippen LogP contribution in [0, 0.1) is 0 Å². The number of alkyl halides is 1. The van der Waals surface area contributed by atoms with Gasteiger partial charge in [0, 0.05) is 30.2 Å². The van der Waals surface area contributed by atoms with E-state index in [1.54, 1.807) is 24.3 Å². The SMILES string of the molecule is COCC(=O)Nc1cccc(NC(=O)CCBr)c1. The summed E-state index contributed by atoms with van der Waals surface area (Å²) < 4.78 is 4.72. The van der Waals surface area contributed by atoms with Crippen LogP contribution in [-0.4, -0.2) is 30.9 Å². The van der Waals surface area contributed by atoms with Crippen LogP contribution in [0.4, 0.5) is 11.4 Å². The molecule has 0 radical (unpaired) electrons. The summed E-state index contributed by atoms with van der Waals surface area (Å²) in [7, 11) is 1.45. The third kappa shape index (κ3) is 5.29. The molecule has 0 aliphatic carbocycles. The molecule has 2 N–H and O–H groups in total. The van der Waals surface area contributed by atoms with Gasteiger partial charge in [0.15, 0.2) is 0 Å². The Morgan fingerprint density at radius 2 is 1.83 bits per heavy atom. The molecule has 0 unspecified atom stereocenters. The fraction of sp³-hybridized carbons (Fsp3) is 0.333. The van der Waals surface area contributed by atoms with Crippen LogP contribution in [0.3, 0.4) is 0 Å². The lowest BCUT2D eigenvalue weighted by Gasteiger charge is -2.08. The first-order valence-electron chi connectivity index (χ1n) is 5.40. The van der Waals surface area contributed by atoms with Crippen molar-refractivity contribution in [3.63, 3.8) is 0 Å². The number of carbonyl (C=O) groups excluding carboxylic acids is 2. The van der Waals surface area contributed by atoms with Crippen LogP contribution in [0.2, 0.25) is 0 Å². The van der Waals surface area contributed by atoms with E-state index in [0.717, 1.165) is 0 Å². The highest BCUT2D eigenvalue weighted by Crippen LogP contribution is 2.15. The lowest BCUT2D eigenvalue weighted by Crippen LogP contribution is -2.17. The van der Waals surface area contributed by atoms with Crippen molar-refractivity contribution in [3.8, 4) is 0 Å². The first kappa shape index (κ1) is 14.7. The number of hydrogen-bond acceptors (Lipinski definition) is 3. The number of carbonyl (C=O) groups is 2. The van der Waals surface area contributed by atoms with Gasteiger partial charge in [-0.05, 0) is 18.2 Å². The Hall–Kier alpha value is -1.40. The van der Waals surface area contributed by atoms with Crippen LogP contribution >= 0.6 is 15.9 Å². The second-order valence-corrected chi connectivity index (χ2v) is 4.34. The third-order valence-corrected chi connectivity index (χ3v) is 2.42. The topological polar surface area (TPSA) is 67.4 Å². The lowest BCUT2D eigenvalue weighted by atomic mass is 10.2. The summed E-state index contributed by atoms with van der Waals surface area (Å²) in [5.74, 6) is -0.311. The van der Waals surface area contributed by atoms with Crippen LogP contribution < -0.4 is 10.6 Å². The summed E-state index contributed by atoms with van der Waals surface area (Å²) in [6, 6.07) is 6.96. The predicted molar refractivity (Wildman–Crippen MR) is 74.0 cm³/mol. The molecule has 1 aromatic rings. The number of hydrogen-bond donors (Lipinski definition) is 2. The maximum atomic E-state index is 11.4. The van der Waals surface area contributed by atoms with Crippen LogP contribution in [0.15, 0.2) is 24.3 Å². The molecule has 0 fully saturated rings. The first-order valence-corrected chi connectivity index (χ1v) is 6.52. The molecule has 6 heteroatoms. The van der Waals surface area contributed by atoms with E-state index in [0.29, 0.717) is 23.1 Å². The highest BCUT2D eigenvalue weighted by Gasteiger charge is 2.04. The van der Waals surface area contributed by atoms with Crippen molar-refractivity contribution in [2.45, 2.75) is 6.42 Å². The zero-order chi connectivity index (χ0) is 13.4. The van der Waals surface area contributed by atoms with E-state index in [-0.39, 0.29) is 18.4 Å². The summed E-state index contributed by atoms with van der Waals surface area (Å²) in [6.45, 7) is 0.000172. The molecule has 18 heavy (non-hydrogen) atoms. The number of methoxy groups -OCH3 is 1. The van der Waals surface area contributed by atoms with Gasteiger partial charge in [-0.25, -0.2) is 0 Å². The predicted octanol–water partition coefficient (Wildman–Crippen LogP) is 1.99. The summed E-state index contributed by atoms with van der Waals surface area (Å²) in [5.41, 5.74) is 1.27. The van der Waals surface area contributed by atoms with E-state index >= 15 is 0 Å². The van der Waals surface area contributed by atoms with Gasteiger partial charge >= 0.3 is 0 Å². The Bertz CT molecular complexity index is 388. The van der Waals surface area contributed by atoms with Gasteiger partial charge < -0.3 is 15.4 Å². The average molecular weight is 315 g/mol. The maximum absolute atomic E-state index is 11.4. The van der Waals surface area contributed by atoms with Crippen molar-refractivity contribution in [2.75, 3.05) is 29.7 Å². The second-order valence-electron chi connectivity index (χ2n) is 3.55. The standard InChI is InChI=1S/C12H15BrN2O3/c1-18-8-12(17)15-10-4-2-3-9(7-10)14-11(16)5-6-13/h2-4,7H,5-6,8H2,1H3,(H,14,16)(H,15,17). The van der Waals surface area contributed by atoms with Gasteiger partial charge in [0.1, 0.15) is 6.61 Å². The van der Waals surface area contributed by atoms with Crippen LogP contribution in [0.5, 0.6) is 0 Å². The third-order valence-electron chi connectivity index (χ3n) is 2.03. The molecule has 0 aliphatic rings. The lowest BCUT2D eigenvalue weighted by molar-refractivity contribution is -0.119. The van der Waals surface area contributed by atoms with Gasteiger partial charge in [0.2, 0.25) is 11.8 Å². The van der Waals surface area contributed by atoms with Crippen molar-refractivity contribution in [2.24, 2.45) is 0 Å². The molecule has 0 saturated heterocycles. The monoisotopic (exact) mass is 314 g/mol. The van der Waals surface area contributed by atoms with E-state index in [1.165, 1.54) is 7.11 Å². The van der Waals surface area contributed by atoms with Gasteiger partial charge in [0.05, 0.1) is 0 Å². The largest absolute Gasteiger partial charge is 0.375 e. The highest BCUT2D eigenvalue weighted by molar-refractivity contribution is 9.09. The van der Waals surface area contributed by atoms with Gasteiger partial charge in [-0.15, -0.1) is 0 Å². The quantitative estimate of drug-likeness (QED) is 0.789. The molecular weight excluding hydrogens is 300 g/mol. The Kier molecular flexibility index (Phi) is 6.38. The van der Waals surface area contributed by atoms with Gasteiger partial charge in [-0.1, -0.05) is 22.0 Å². The second kappa shape index (κ2) is 7.84. The molecule has 1 rings (SSSR count). The zero-order valence-corrected chi connectivity index (χ0v) is 11.6. The number of rotatable bonds is 6. The maximum Gasteiger partial charge on any atom is 0.250 e. The van der Waals surface area contributed by atoms with E-state index in [4.69, 9.17) is 4.74 Å². The van der Waals surface area contributed by atoms with Gasteiger partial charge in [0.25, 0.3) is 0 Å². The summed E-state index contributed by atoms with van der Waals surface area (Å²) in [6.07, 6.45) is 0.403. The molecule has 2 amide bonds. The van der Waals surface area contributed by atoms with Crippen molar-refractivity contribution in [3.05, 3.63) is 24.3 Å². The first-order chi connectivity index (χ1) is 8.65. The number of amides is 2. The molecule has 0 heterocycles. The van der Waals surface area contributed by atoms with Crippen molar-refractivity contribution >= 4 is 39.1 Å². The molecule has 98 valence electrons. The molecular formula is C12H15BrN2O3. The van der Waals surface area contributed by atoms with Gasteiger partial charge in [-0.2, -0.15) is 0 Å². The molecule has 0 atom stereocenters. The zero-order valence-electron chi connectivity index (χ0n) is 10.0. The molecule has 0 bridgehead atoms. The molecule has 0 aromatic heterocycles. The fourth-order valence-electron chi connectivity index (χ4n) is 1.31. The summed E-state index contributed by atoms with van der Waals surface area (Å²) >= 11 is 3.20. The Morgan fingerprint density at radius 1 is 1.22 bits per heavy atom. The van der Waals surface area contributed by atoms with Crippen molar-refractivity contribution < 1.29 is 14.3 Å². The van der Waals surface area contributed by atoms with E-state index in [2.05, 4.69) is 26.6 Å². The summed E-state index contributed by atoms with van der Waals surface area (Å²) in [4.78, 5) is 22.7. The van der Waals surface area contributed by atoms with Gasteiger partial charge in [-0.3, -0.25) is 9.59 Å². The minimum absolute atomic E-state index is 0.000172. The number of benzene rings is 1. The Balaban J connectivity index is 2.61. The minimum atomic E-state index is -0.235. The molecule has 5 nitrogen and oxygen atoms in total. The smallest absolute Gasteiger partial charge is 0.250 e. The number of anilines is 2. The molecule has 0 saturated carbocycles. The molecule has 1 aromatic carbocycles. The van der Waals surface area contributed by atoms with Crippen LogP contribution in [0.25, 0.3) is 0 Å². The van der Waals surface area contributed by atoms with E-state index < -0.39 is 0 Å². The normalized spacial score (nSPS) is 9.89. The van der Waals surface area contributed by atoms with E-state index in [9.17, 15) is 9.59 Å². The fourth-order valence-corrected chi connectivity index (χ4v) is 1.67. The Labute approximate surface area is 114 Å². The number of ether oxygens (including phenoxy) is 1. The highest BCUT2D eigenvalue weighted by atomic mass is 79.9. The van der Waals surface area contributed by atoms with Crippen molar-refractivity contribution in [1.82, 2.24) is 0 Å². The Morgan fingerprint density at radius 3 is 2.39 bits per heavy atom. The van der Waals surface area contributed by atoms with Crippen LogP contribution in [-0.2, 0) is 14.3 Å².